The van der Waals surface area contributed by atoms with Crippen LogP contribution in [0.15, 0.2) is 18.2 Å². The van der Waals surface area contributed by atoms with Crippen LogP contribution >= 0.6 is 0 Å². The molecule has 0 aliphatic carbocycles. The molecule has 0 saturated heterocycles. The average molecular weight is 251 g/mol. The highest BCUT2D eigenvalue weighted by Crippen LogP contribution is 2.26. The molecule has 1 atom stereocenters. The summed E-state index contributed by atoms with van der Waals surface area (Å²) in [5.74, 6) is 0.614. The van der Waals surface area contributed by atoms with Gasteiger partial charge in [0.2, 0.25) is 5.91 Å². The van der Waals surface area contributed by atoms with E-state index in [2.05, 4.69) is 5.32 Å². The summed E-state index contributed by atoms with van der Waals surface area (Å²) in [6.45, 7) is 6.48. The molecule has 0 aliphatic heterocycles. The van der Waals surface area contributed by atoms with Crippen LogP contribution in [0.4, 0.5) is 0 Å². The molecule has 0 bridgehead atoms. The second-order valence-corrected chi connectivity index (χ2v) is 4.27. The lowest BCUT2D eigenvalue weighted by Gasteiger charge is -2.14. The number of aryl methyl sites for hydroxylation is 1. The molecule has 1 rings (SSSR count). The standard InChI is InChI=1S/C14H21NO3/c1-4-15-14(17)7-8-18-13-6-5-10(2)9-12(13)11(3)16/h5-6,9,11,16H,4,7-8H2,1-3H3,(H,15,17). The van der Waals surface area contributed by atoms with E-state index in [-0.39, 0.29) is 5.91 Å². The minimum Gasteiger partial charge on any atom is -0.493 e. The van der Waals surface area contributed by atoms with Gasteiger partial charge in [0.05, 0.1) is 19.1 Å². The monoisotopic (exact) mass is 251 g/mol. The Morgan fingerprint density at radius 1 is 1.50 bits per heavy atom. The molecular formula is C14H21NO3. The minimum atomic E-state index is -0.579. The zero-order valence-electron chi connectivity index (χ0n) is 11.2. The van der Waals surface area contributed by atoms with Crippen LogP contribution in [0.2, 0.25) is 0 Å². The first-order chi connectivity index (χ1) is 8.54. The van der Waals surface area contributed by atoms with Gasteiger partial charge in [-0.3, -0.25) is 4.79 Å². The van der Waals surface area contributed by atoms with Crippen LogP contribution in [0, 0.1) is 6.92 Å². The first-order valence-electron chi connectivity index (χ1n) is 6.22. The summed E-state index contributed by atoms with van der Waals surface area (Å²) in [5, 5.41) is 12.4. The number of hydrogen-bond donors (Lipinski definition) is 2. The molecule has 0 fully saturated rings. The molecule has 2 N–H and O–H groups in total. The van der Waals surface area contributed by atoms with E-state index in [9.17, 15) is 9.90 Å². The highest BCUT2D eigenvalue weighted by atomic mass is 16.5. The highest BCUT2D eigenvalue weighted by Gasteiger charge is 2.10. The first kappa shape index (κ1) is 14.5. The molecule has 0 spiro atoms. The zero-order chi connectivity index (χ0) is 13.5. The molecule has 1 amide bonds. The van der Waals surface area contributed by atoms with E-state index < -0.39 is 6.10 Å². The van der Waals surface area contributed by atoms with Crippen LogP contribution in [-0.4, -0.2) is 24.2 Å². The van der Waals surface area contributed by atoms with Gasteiger partial charge < -0.3 is 15.2 Å². The second-order valence-electron chi connectivity index (χ2n) is 4.27. The number of carbonyl (C=O) groups excluding carboxylic acids is 1. The van der Waals surface area contributed by atoms with Crippen molar-refractivity contribution < 1.29 is 14.6 Å². The molecule has 4 heteroatoms. The number of ether oxygens (including phenoxy) is 1. The summed E-state index contributed by atoms with van der Waals surface area (Å²) in [4.78, 5) is 11.3. The van der Waals surface area contributed by atoms with Crippen LogP contribution in [0.3, 0.4) is 0 Å². The molecule has 4 nitrogen and oxygen atoms in total. The highest BCUT2D eigenvalue weighted by molar-refractivity contribution is 5.75. The number of aliphatic hydroxyl groups is 1. The fraction of sp³-hybridized carbons (Fsp3) is 0.500. The van der Waals surface area contributed by atoms with E-state index in [1.807, 2.05) is 32.0 Å². The normalized spacial score (nSPS) is 12.0. The maximum atomic E-state index is 11.3. The second kappa shape index (κ2) is 7.01. The molecule has 0 radical (unpaired) electrons. The van der Waals surface area contributed by atoms with Gasteiger partial charge in [0, 0.05) is 12.1 Å². The lowest BCUT2D eigenvalue weighted by molar-refractivity contribution is -0.121. The smallest absolute Gasteiger partial charge is 0.223 e. The van der Waals surface area contributed by atoms with Crippen molar-refractivity contribution in [2.24, 2.45) is 0 Å². The Hall–Kier alpha value is -1.55. The number of hydrogen-bond acceptors (Lipinski definition) is 3. The molecule has 1 unspecified atom stereocenters. The fourth-order valence-corrected chi connectivity index (χ4v) is 1.67. The van der Waals surface area contributed by atoms with Gasteiger partial charge in [0.25, 0.3) is 0 Å². The fourth-order valence-electron chi connectivity index (χ4n) is 1.67. The molecule has 18 heavy (non-hydrogen) atoms. The van der Waals surface area contributed by atoms with Gasteiger partial charge >= 0.3 is 0 Å². The maximum Gasteiger partial charge on any atom is 0.223 e. The van der Waals surface area contributed by atoms with E-state index in [0.717, 1.165) is 11.1 Å². The van der Waals surface area contributed by atoms with Crippen molar-refractivity contribution in [1.29, 1.82) is 0 Å². The van der Waals surface area contributed by atoms with Crippen LogP contribution in [0.1, 0.15) is 37.5 Å². The first-order valence-corrected chi connectivity index (χ1v) is 6.22. The Balaban J connectivity index is 2.59. The van der Waals surface area contributed by atoms with E-state index in [4.69, 9.17) is 4.74 Å². The zero-order valence-corrected chi connectivity index (χ0v) is 11.2. The largest absolute Gasteiger partial charge is 0.493 e. The summed E-state index contributed by atoms with van der Waals surface area (Å²) < 4.78 is 5.55. The minimum absolute atomic E-state index is 0.0248. The van der Waals surface area contributed by atoms with Gasteiger partial charge in [0.15, 0.2) is 0 Å². The number of carbonyl (C=O) groups is 1. The summed E-state index contributed by atoms with van der Waals surface area (Å²) in [6, 6.07) is 5.65. The van der Waals surface area contributed by atoms with Crippen molar-refractivity contribution in [3.63, 3.8) is 0 Å². The SMILES string of the molecule is CCNC(=O)CCOc1ccc(C)cc1C(C)O. The predicted molar refractivity (Wildman–Crippen MR) is 70.6 cm³/mol. The quantitative estimate of drug-likeness (QED) is 0.812. The summed E-state index contributed by atoms with van der Waals surface area (Å²) in [5.41, 5.74) is 1.83. The van der Waals surface area contributed by atoms with Crippen LogP contribution in [0.25, 0.3) is 0 Å². The molecule has 0 heterocycles. The van der Waals surface area contributed by atoms with Crippen LogP contribution in [0.5, 0.6) is 5.75 Å². The number of aliphatic hydroxyl groups excluding tert-OH is 1. The van der Waals surface area contributed by atoms with Crippen molar-refractivity contribution in [2.45, 2.75) is 33.3 Å². The third-order valence-corrected chi connectivity index (χ3v) is 2.58. The average Bonchev–Trinajstić information content (AvgIpc) is 2.31. The van der Waals surface area contributed by atoms with Crippen LogP contribution < -0.4 is 10.1 Å². The Morgan fingerprint density at radius 3 is 2.83 bits per heavy atom. The Kier molecular flexibility index (Phi) is 5.65. The van der Waals surface area contributed by atoms with E-state index in [1.165, 1.54) is 0 Å². The molecule has 0 aromatic heterocycles. The number of amides is 1. The van der Waals surface area contributed by atoms with E-state index in [1.54, 1.807) is 6.92 Å². The molecule has 0 saturated carbocycles. The molecule has 1 aromatic carbocycles. The van der Waals surface area contributed by atoms with Crippen LogP contribution in [-0.2, 0) is 4.79 Å². The van der Waals surface area contributed by atoms with Crippen molar-refractivity contribution in [3.05, 3.63) is 29.3 Å². The topological polar surface area (TPSA) is 58.6 Å². The lowest BCUT2D eigenvalue weighted by atomic mass is 10.1. The number of benzene rings is 1. The summed E-state index contributed by atoms with van der Waals surface area (Å²) in [6.07, 6.45) is -0.259. The number of rotatable bonds is 6. The van der Waals surface area contributed by atoms with Crippen molar-refractivity contribution in [1.82, 2.24) is 5.32 Å². The van der Waals surface area contributed by atoms with Crippen molar-refractivity contribution in [3.8, 4) is 5.75 Å². The van der Waals surface area contributed by atoms with Gasteiger partial charge in [-0.15, -0.1) is 0 Å². The van der Waals surface area contributed by atoms with Crippen molar-refractivity contribution in [2.75, 3.05) is 13.2 Å². The Bertz CT molecular complexity index is 402. The molecule has 0 aliphatic rings. The van der Waals surface area contributed by atoms with Gasteiger partial charge in [-0.05, 0) is 32.9 Å². The summed E-state index contributed by atoms with van der Waals surface area (Å²) >= 11 is 0. The lowest BCUT2D eigenvalue weighted by Crippen LogP contribution is -2.24. The van der Waals surface area contributed by atoms with Gasteiger partial charge in [-0.2, -0.15) is 0 Å². The third-order valence-electron chi connectivity index (χ3n) is 2.58. The number of nitrogens with one attached hydrogen (secondary N) is 1. The van der Waals surface area contributed by atoms with E-state index in [0.29, 0.717) is 25.3 Å². The molecular weight excluding hydrogens is 230 g/mol. The summed E-state index contributed by atoms with van der Waals surface area (Å²) in [7, 11) is 0. The molecule has 100 valence electrons. The van der Waals surface area contributed by atoms with Gasteiger partial charge in [0.1, 0.15) is 5.75 Å². The van der Waals surface area contributed by atoms with E-state index >= 15 is 0 Å². The van der Waals surface area contributed by atoms with Gasteiger partial charge in [-0.1, -0.05) is 11.6 Å². The van der Waals surface area contributed by atoms with Crippen molar-refractivity contribution >= 4 is 5.91 Å². The molecule has 1 aromatic rings. The maximum absolute atomic E-state index is 11.3. The van der Waals surface area contributed by atoms with Gasteiger partial charge in [-0.25, -0.2) is 0 Å². The predicted octanol–water partition coefficient (Wildman–Crippen LogP) is 1.95. The third kappa shape index (κ3) is 4.37. The Labute approximate surface area is 108 Å². The Morgan fingerprint density at radius 2 is 2.22 bits per heavy atom.